The Balaban J connectivity index is 2.85. The van der Waals surface area contributed by atoms with E-state index in [0.717, 1.165) is 0 Å². The molecule has 0 bridgehead atoms. The largest absolute Gasteiger partial charge is 0.480 e. The van der Waals surface area contributed by atoms with Gasteiger partial charge in [-0.05, 0) is 42.9 Å². The minimum Gasteiger partial charge on any atom is -0.480 e. The van der Waals surface area contributed by atoms with Crippen LogP contribution in [0.2, 0.25) is 0 Å². The third kappa shape index (κ3) is 5.08. The maximum atomic E-state index is 13.4. The first kappa shape index (κ1) is 5.61. The molecule has 23 heavy (non-hydrogen) atoms. The molecule has 1 aromatic rings. The van der Waals surface area contributed by atoms with Crippen molar-refractivity contribution in [1.82, 2.24) is 5.32 Å². The van der Waals surface area contributed by atoms with Crippen molar-refractivity contribution >= 4 is 11.9 Å². The lowest BCUT2D eigenvalue weighted by Gasteiger charge is -2.30. The first-order chi connectivity index (χ1) is 17.5. The van der Waals surface area contributed by atoms with Gasteiger partial charge in [0.2, 0.25) is 5.91 Å². The van der Waals surface area contributed by atoms with E-state index in [2.05, 4.69) is 0 Å². The zero-order valence-electron chi connectivity index (χ0n) is 28.9. The molecule has 2 rings (SSSR count). The zero-order valence-corrected chi connectivity index (χ0v) is 11.9. The molecule has 0 spiro atoms. The van der Waals surface area contributed by atoms with Crippen LogP contribution in [0.15, 0.2) is 30.3 Å². The number of benzene rings is 1. The van der Waals surface area contributed by atoms with Crippen molar-refractivity contribution in [1.29, 1.82) is 0 Å². The van der Waals surface area contributed by atoms with Crippen molar-refractivity contribution in [2.45, 2.75) is 51.6 Å². The number of hydrogen-bond acceptors (Lipinski definition) is 2. The Bertz CT molecular complexity index is 1100. The first-order valence-corrected chi connectivity index (χ1v) is 6.62. The molecule has 1 fully saturated rings. The zero-order chi connectivity index (χ0) is 31.8. The molecule has 0 saturated heterocycles. The highest BCUT2D eigenvalue weighted by molar-refractivity contribution is 5.85. The first-order valence-electron chi connectivity index (χ1n) is 15.1. The molecule has 1 aliphatic carbocycles. The predicted molar refractivity (Wildman–Crippen MR) is 90.0 cm³/mol. The van der Waals surface area contributed by atoms with Crippen LogP contribution in [-0.4, -0.2) is 23.0 Å². The van der Waals surface area contributed by atoms with E-state index in [0.29, 0.717) is 0 Å². The highest BCUT2D eigenvalue weighted by atomic mass is 16.4. The predicted octanol–water partition coefficient (Wildman–Crippen LogP) is 3.26. The topological polar surface area (TPSA) is 66.4 Å². The maximum Gasteiger partial charge on any atom is 0.326 e. The van der Waals surface area contributed by atoms with Gasteiger partial charge in [-0.2, -0.15) is 0 Å². The monoisotopic (exact) mass is 334 g/mol. The number of carboxylic acid groups (broad SMARTS) is 1. The Kier molecular flexibility index (Phi) is 1.98. The molecule has 1 aliphatic rings. The van der Waals surface area contributed by atoms with Gasteiger partial charge in [0.25, 0.3) is 0 Å². The minimum absolute atomic E-state index is 0.142. The fraction of sp³-hybridized carbons (Fsp3) is 0.579. The lowest BCUT2D eigenvalue weighted by Crippen LogP contribution is -2.45. The van der Waals surface area contributed by atoms with E-state index in [1.54, 1.807) is 6.07 Å². The van der Waals surface area contributed by atoms with Crippen LogP contribution in [0.25, 0.3) is 0 Å². The fourth-order valence-electron chi connectivity index (χ4n) is 1.75. The number of aliphatic carboxylic acids is 1. The molecule has 0 radical (unpaired) electrons. The molecule has 0 heterocycles. The summed E-state index contributed by atoms with van der Waals surface area (Å²) in [7, 11) is 0. The van der Waals surface area contributed by atoms with E-state index in [1.807, 2.05) is 0 Å². The van der Waals surface area contributed by atoms with Crippen LogP contribution in [-0.2, 0) is 16.0 Å². The van der Waals surface area contributed by atoms with Crippen LogP contribution in [0.3, 0.4) is 0 Å². The van der Waals surface area contributed by atoms with Gasteiger partial charge in [-0.25, -0.2) is 4.79 Å². The smallest absolute Gasteiger partial charge is 0.326 e. The van der Waals surface area contributed by atoms with E-state index in [4.69, 9.17) is 23.3 Å². The summed E-state index contributed by atoms with van der Waals surface area (Å²) in [6.45, 7) is -7.78. The fourth-order valence-corrected chi connectivity index (χ4v) is 1.75. The Morgan fingerprint density at radius 2 is 2.00 bits per heavy atom. The van der Waals surface area contributed by atoms with Gasteiger partial charge in [0, 0.05) is 34.2 Å². The van der Waals surface area contributed by atoms with E-state index in [9.17, 15) is 14.7 Å². The highest BCUT2D eigenvalue weighted by Crippen LogP contribution is 2.33. The quantitative estimate of drug-likeness (QED) is 0.839. The SMILES string of the molecule is [2H]C(Cc1ccccc1)(NC(=O)[C@]1([2H])C([2H])([2H])C([2H])([2H])[C@@]([2H])(C(C([2H])([2H])[2H])C([2H])([2H])[2H])C([2H])([2H])C1([2H])[2H])C(=O)O. The van der Waals surface area contributed by atoms with Crippen molar-refractivity contribution in [3.8, 4) is 0 Å². The summed E-state index contributed by atoms with van der Waals surface area (Å²) < 4.78 is 138. The number of amides is 1. The molecule has 0 aromatic heterocycles. The van der Waals surface area contributed by atoms with Crippen molar-refractivity contribution < 1.29 is 38.0 Å². The van der Waals surface area contributed by atoms with E-state index < -0.39 is 81.2 Å². The minimum atomic E-state index is -4.39. The van der Waals surface area contributed by atoms with Gasteiger partial charge >= 0.3 is 5.97 Å². The number of nitrogens with one attached hydrogen (secondary N) is 1. The number of hydrogen-bond donors (Lipinski definition) is 2. The summed E-state index contributed by atoms with van der Waals surface area (Å²) in [6, 6.07) is 4.03. The number of carbonyl (C=O) groups is 2. The molecule has 126 valence electrons. The van der Waals surface area contributed by atoms with Crippen molar-refractivity contribution in [3.05, 3.63) is 35.9 Å². The third-order valence-electron chi connectivity index (χ3n) is 2.91. The highest BCUT2D eigenvalue weighted by Gasteiger charge is 2.30. The molecule has 1 saturated carbocycles. The van der Waals surface area contributed by atoms with E-state index >= 15 is 0 Å². The maximum absolute atomic E-state index is 13.4. The second kappa shape index (κ2) is 8.14. The summed E-state index contributed by atoms with van der Waals surface area (Å²) in [6.07, 6.45) is -18.4. The van der Waals surface area contributed by atoms with Crippen LogP contribution in [0.4, 0.5) is 0 Å². The number of carboxylic acids is 1. The molecule has 4 heteroatoms. The van der Waals surface area contributed by atoms with Crippen molar-refractivity contribution in [2.24, 2.45) is 17.7 Å². The molecular formula is C19H27NO3. The lowest BCUT2D eigenvalue weighted by atomic mass is 9.76. The summed E-state index contributed by atoms with van der Waals surface area (Å²) in [5.41, 5.74) is 0.142. The summed E-state index contributed by atoms with van der Waals surface area (Å²) in [5.74, 6) is -16.4. The molecule has 1 unspecified atom stereocenters. The van der Waals surface area contributed by atoms with Crippen LogP contribution in [0, 0.1) is 17.7 Å². The Hall–Kier alpha value is -1.84. The van der Waals surface area contributed by atoms with Gasteiger partial charge in [0.15, 0.2) is 0 Å². The van der Waals surface area contributed by atoms with Gasteiger partial charge in [0.1, 0.15) is 6.02 Å². The van der Waals surface area contributed by atoms with Gasteiger partial charge in [-0.15, -0.1) is 0 Å². The lowest BCUT2D eigenvalue weighted by molar-refractivity contribution is -0.142. The molecule has 2 N–H and O–H groups in total. The summed E-state index contributed by atoms with van der Waals surface area (Å²) in [5, 5.41) is 11.2. The van der Waals surface area contributed by atoms with Gasteiger partial charge in [-0.1, -0.05) is 44.0 Å². The van der Waals surface area contributed by atoms with Crippen molar-refractivity contribution in [2.75, 3.05) is 0 Å². The van der Waals surface area contributed by atoms with Crippen LogP contribution < -0.4 is 5.32 Å². The normalized spacial score (nSPS) is 51.1. The molecule has 1 aromatic carbocycles. The van der Waals surface area contributed by atoms with E-state index in [1.165, 1.54) is 29.6 Å². The van der Waals surface area contributed by atoms with Crippen molar-refractivity contribution in [3.63, 3.8) is 0 Å². The van der Waals surface area contributed by atoms with Crippen LogP contribution in [0.5, 0.6) is 0 Å². The Morgan fingerprint density at radius 1 is 1.35 bits per heavy atom. The Labute approximate surface area is 162 Å². The van der Waals surface area contributed by atoms with Crippen LogP contribution in [0.1, 0.15) is 68.1 Å². The molecule has 1 amide bonds. The second-order valence-corrected chi connectivity index (χ2v) is 4.62. The van der Waals surface area contributed by atoms with Crippen LogP contribution >= 0.6 is 0 Å². The average Bonchev–Trinajstić information content (AvgIpc) is 2.75. The average molecular weight is 335 g/mol. The Morgan fingerprint density at radius 3 is 2.57 bits per heavy atom. The van der Waals surface area contributed by atoms with Gasteiger partial charge < -0.3 is 10.4 Å². The van der Waals surface area contributed by atoms with E-state index in [-0.39, 0.29) is 5.56 Å². The van der Waals surface area contributed by atoms with Gasteiger partial charge in [-0.3, -0.25) is 4.79 Å². The standard InChI is InChI=1S/C19H27NO3/c1-13(2)15-8-10-16(11-9-15)18(21)20-17(19(22)23)12-14-6-4-3-5-7-14/h3-7,13,15-17H,8-12H2,1-2H3,(H,20,21)(H,22,23)/t15-,16-,17?/i1D3,2D3,8D2,9D2,10D2,11D2,15D,16D,17D. The number of carbonyl (C=O) groups excluding carboxylic acids is 1. The third-order valence-corrected chi connectivity index (χ3v) is 2.91. The second-order valence-electron chi connectivity index (χ2n) is 4.62. The molecule has 0 aliphatic heterocycles. The molecule has 1 atom stereocenters. The molecule has 4 nitrogen and oxygen atoms in total. The number of rotatable bonds is 6. The molecular weight excluding hydrogens is 290 g/mol. The summed E-state index contributed by atoms with van der Waals surface area (Å²) in [4.78, 5) is 25.4. The summed E-state index contributed by atoms with van der Waals surface area (Å²) >= 11 is 0. The van der Waals surface area contributed by atoms with Gasteiger partial charge in [0.05, 0.1) is 1.37 Å².